The molecule has 1 rings (SSSR count). The van der Waals surface area contributed by atoms with E-state index >= 15 is 0 Å². The second-order valence-electron chi connectivity index (χ2n) is 3.93. The van der Waals surface area contributed by atoms with Gasteiger partial charge >= 0.3 is 0 Å². The first-order valence-electron chi connectivity index (χ1n) is 5.46. The minimum Gasteiger partial charge on any atom is -0.448 e. The van der Waals surface area contributed by atoms with Crippen LogP contribution in [0.3, 0.4) is 0 Å². The Labute approximate surface area is 133 Å². The van der Waals surface area contributed by atoms with Gasteiger partial charge in [0.15, 0.2) is 0 Å². The van der Waals surface area contributed by atoms with Crippen molar-refractivity contribution in [3.63, 3.8) is 0 Å². The van der Waals surface area contributed by atoms with Crippen molar-refractivity contribution in [3.05, 3.63) is 20.9 Å². The molecule has 0 bridgehead atoms. The van der Waals surface area contributed by atoms with Crippen LogP contribution in [0.25, 0.3) is 20.9 Å². The van der Waals surface area contributed by atoms with Crippen LogP contribution in [0.2, 0.25) is 0 Å². The summed E-state index contributed by atoms with van der Waals surface area (Å²) in [6.45, 7) is -0.152. The van der Waals surface area contributed by atoms with Crippen LogP contribution in [0.1, 0.15) is 6.42 Å². The summed E-state index contributed by atoms with van der Waals surface area (Å²) in [7, 11) is 0. The average Bonchev–Trinajstić information content (AvgIpc) is 2.39. The molecule has 0 aromatic rings. The van der Waals surface area contributed by atoms with Crippen molar-refractivity contribution in [2.75, 3.05) is 6.54 Å². The molecule has 0 amide bonds. The molecular formula is C8H9Cl3FN7O2. The van der Waals surface area contributed by atoms with Crippen LogP contribution in [0, 0.1) is 5.41 Å². The number of ether oxygens (including phenoxy) is 2. The second-order valence-corrected chi connectivity index (χ2v) is 6.21. The molecule has 1 unspecified atom stereocenters. The Morgan fingerprint density at radius 2 is 2.10 bits per heavy atom. The maximum absolute atomic E-state index is 14.0. The van der Waals surface area contributed by atoms with Gasteiger partial charge in [0.05, 0.1) is 12.6 Å². The lowest BCUT2D eigenvalue weighted by Crippen LogP contribution is -2.49. The molecule has 9 nitrogen and oxygen atoms in total. The van der Waals surface area contributed by atoms with Crippen LogP contribution in [0.4, 0.5) is 4.39 Å². The first-order valence-corrected chi connectivity index (χ1v) is 6.60. The summed E-state index contributed by atoms with van der Waals surface area (Å²) in [6, 6.07) is -1.36. The number of azide groups is 2. The fraction of sp³-hybridized carbons (Fsp3) is 0.875. The van der Waals surface area contributed by atoms with E-state index in [-0.39, 0.29) is 13.0 Å². The molecule has 21 heavy (non-hydrogen) atoms. The molecule has 0 spiro atoms. The van der Waals surface area contributed by atoms with Gasteiger partial charge in [-0.2, -0.15) is 0 Å². The van der Waals surface area contributed by atoms with Gasteiger partial charge in [-0.25, -0.2) is 4.39 Å². The minimum atomic E-state index is -2.17. The smallest absolute Gasteiger partial charge is 0.265 e. The van der Waals surface area contributed by atoms with Crippen molar-refractivity contribution < 1.29 is 13.9 Å². The van der Waals surface area contributed by atoms with E-state index in [4.69, 9.17) is 60.7 Å². The molecule has 1 heterocycles. The number of alkyl halides is 4. The fourth-order valence-corrected chi connectivity index (χ4v) is 1.73. The SMILES string of the molecule is [N-]=[N+]=NC[C@@H]1C[C@@H](F)C(N=[N+]=[N-])[C@@H](OC(=N)C(Cl)(Cl)Cl)O1. The van der Waals surface area contributed by atoms with Crippen LogP contribution < -0.4 is 0 Å². The molecule has 1 aliphatic heterocycles. The lowest BCUT2D eigenvalue weighted by atomic mass is 10.0. The van der Waals surface area contributed by atoms with Gasteiger partial charge in [0.2, 0.25) is 12.2 Å². The number of nitrogens with zero attached hydrogens (tertiary/aromatic N) is 6. The number of halogens is 4. The zero-order valence-electron chi connectivity index (χ0n) is 10.2. The Kier molecular flexibility index (Phi) is 6.60. The summed E-state index contributed by atoms with van der Waals surface area (Å²) in [6.07, 6.45) is -4.06. The molecule has 0 aromatic carbocycles. The van der Waals surface area contributed by atoms with E-state index in [1.807, 2.05) is 0 Å². The maximum atomic E-state index is 14.0. The highest BCUT2D eigenvalue weighted by atomic mass is 35.6. The van der Waals surface area contributed by atoms with Crippen LogP contribution in [-0.2, 0) is 9.47 Å². The van der Waals surface area contributed by atoms with E-state index < -0.39 is 34.3 Å². The van der Waals surface area contributed by atoms with Crippen LogP contribution in [-0.4, -0.2) is 40.8 Å². The quantitative estimate of drug-likeness (QED) is 0.203. The third-order valence-electron chi connectivity index (χ3n) is 2.49. The number of nitrogens with one attached hydrogen (secondary N) is 1. The monoisotopic (exact) mass is 359 g/mol. The minimum absolute atomic E-state index is 0.152. The Bertz CT molecular complexity index is 489. The number of hydrogen-bond donors (Lipinski definition) is 1. The van der Waals surface area contributed by atoms with Crippen molar-refractivity contribution in [1.82, 2.24) is 0 Å². The molecule has 1 aliphatic rings. The van der Waals surface area contributed by atoms with Crippen LogP contribution in [0.5, 0.6) is 0 Å². The van der Waals surface area contributed by atoms with Gasteiger partial charge in [0.1, 0.15) is 12.2 Å². The van der Waals surface area contributed by atoms with Crippen molar-refractivity contribution >= 4 is 40.7 Å². The van der Waals surface area contributed by atoms with Gasteiger partial charge < -0.3 is 9.47 Å². The first kappa shape index (κ1) is 17.9. The van der Waals surface area contributed by atoms with Gasteiger partial charge in [-0.15, -0.1) is 0 Å². The van der Waals surface area contributed by atoms with Crippen molar-refractivity contribution in [2.45, 2.75) is 34.8 Å². The van der Waals surface area contributed by atoms with Gasteiger partial charge in [0.25, 0.3) is 3.79 Å². The normalized spacial score (nSPS) is 29.0. The topological polar surface area (TPSA) is 140 Å². The van der Waals surface area contributed by atoms with E-state index in [0.717, 1.165) is 0 Å². The van der Waals surface area contributed by atoms with Gasteiger partial charge in [-0.05, 0) is 11.1 Å². The first-order chi connectivity index (χ1) is 9.79. The molecule has 1 N–H and O–H groups in total. The van der Waals surface area contributed by atoms with Crippen LogP contribution >= 0.6 is 34.8 Å². The largest absolute Gasteiger partial charge is 0.448 e. The molecule has 0 saturated carbocycles. The molecule has 0 aromatic heterocycles. The predicted octanol–water partition coefficient (Wildman–Crippen LogP) is 3.79. The van der Waals surface area contributed by atoms with E-state index in [9.17, 15) is 4.39 Å². The Balaban J connectivity index is 2.88. The Morgan fingerprint density at radius 1 is 1.43 bits per heavy atom. The van der Waals surface area contributed by atoms with Gasteiger partial charge in [0, 0.05) is 16.2 Å². The summed E-state index contributed by atoms with van der Waals surface area (Å²) >= 11 is 16.3. The van der Waals surface area contributed by atoms with E-state index in [2.05, 4.69) is 20.1 Å². The summed E-state index contributed by atoms with van der Waals surface area (Å²) < 4.78 is 22.0. The molecule has 116 valence electrons. The fourth-order valence-electron chi connectivity index (χ4n) is 1.60. The summed E-state index contributed by atoms with van der Waals surface area (Å²) in [4.78, 5) is 5.02. The van der Waals surface area contributed by atoms with Crippen LogP contribution in [0.15, 0.2) is 10.2 Å². The highest BCUT2D eigenvalue weighted by Gasteiger charge is 2.42. The average molecular weight is 361 g/mol. The lowest BCUT2D eigenvalue weighted by Gasteiger charge is -2.36. The second kappa shape index (κ2) is 7.74. The lowest BCUT2D eigenvalue weighted by molar-refractivity contribution is -0.179. The van der Waals surface area contributed by atoms with Gasteiger partial charge in [-0.1, -0.05) is 45.0 Å². The zero-order chi connectivity index (χ0) is 16.0. The number of rotatable bonds is 4. The van der Waals surface area contributed by atoms with E-state index in [1.54, 1.807) is 0 Å². The molecule has 4 atom stereocenters. The molecule has 0 radical (unpaired) electrons. The number of hydrogen-bond acceptors (Lipinski definition) is 5. The van der Waals surface area contributed by atoms with E-state index in [1.165, 1.54) is 0 Å². The standard InChI is InChI=1S/C8H9Cl3FN7O2/c9-8(10,11)7(13)21-6-5(17-19-15)4(12)1-3(20-6)2-16-18-14/h3-6,13H,1-2H2/t3-,4+,5?,6+/m0/s1. The molecule has 0 aliphatic carbocycles. The van der Waals surface area contributed by atoms with E-state index in [0.29, 0.717) is 0 Å². The Morgan fingerprint density at radius 3 is 2.62 bits per heavy atom. The third kappa shape index (κ3) is 5.28. The highest BCUT2D eigenvalue weighted by Crippen LogP contribution is 2.32. The maximum Gasteiger partial charge on any atom is 0.265 e. The summed E-state index contributed by atoms with van der Waals surface area (Å²) in [5.74, 6) is -0.813. The highest BCUT2D eigenvalue weighted by molar-refractivity contribution is 6.76. The molecule has 1 saturated heterocycles. The third-order valence-corrected chi connectivity index (χ3v) is 3.00. The summed E-state index contributed by atoms with van der Waals surface area (Å²) in [5, 5.41) is 13.9. The summed E-state index contributed by atoms with van der Waals surface area (Å²) in [5.41, 5.74) is 16.7. The predicted molar refractivity (Wildman–Crippen MR) is 74.2 cm³/mol. The molecule has 13 heteroatoms. The Hall–Kier alpha value is -1.15. The van der Waals surface area contributed by atoms with Crippen molar-refractivity contribution in [3.8, 4) is 0 Å². The van der Waals surface area contributed by atoms with Gasteiger partial charge in [-0.3, -0.25) is 5.41 Å². The zero-order valence-corrected chi connectivity index (χ0v) is 12.5. The molecule has 1 fully saturated rings. The van der Waals surface area contributed by atoms with Crippen molar-refractivity contribution in [1.29, 1.82) is 5.41 Å². The van der Waals surface area contributed by atoms with Crippen molar-refractivity contribution in [2.24, 2.45) is 10.2 Å². The molecular weight excluding hydrogens is 351 g/mol.